The molecule has 3 aromatic rings. The van der Waals surface area contributed by atoms with Crippen molar-refractivity contribution in [1.29, 1.82) is 0 Å². The molecule has 0 amide bonds. The van der Waals surface area contributed by atoms with Gasteiger partial charge in [0.05, 0.1) is 21.3 Å². The molecule has 3 N–H and O–H groups in total. The van der Waals surface area contributed by atoms with Gasteiger partial charge in [0.15, 0.2) is 34.5 Å². The van der Waals surface area contributed by atoms with Crippen LogP contribution in [0.15, 0.2) is 74.4 Å². The van der Waals surface area contributed by atoms with Crippen molar-refractivity contribution < 1.29 is 28.4 Å². The van der Waals surface area contributed by atoms with E-state index in [-0.39, 0.29) is 12.1 Å². The van der Waals surface area contributed by atoms with Crippen LogP contribution in [0.2, 0.25) is 0 Å². The van der Waals surface area contributed by atoms with Crippen molar-refractivity contribution in [2.45, 2.75) is 88.8 Å². The Balaban J connectivity index is 1.16. The van der Waals surface area contributed by atoms with Gasteiger partial charge in [-0.15, -0.1) is 0 Å². The second kappa shape index (κ2) is 21.4. The first-order valence-corrected chi connectivity index (χ1v) is 21.0. The molecule has 3 heterocycles. The zero-order valence-corrected chi connectivity index (χ0v) is 34.6. The summed E-state index contributed by atoms with van der Waals surface area (Å²) in [6.07, 6.45) is 17.4. The number of hydrogen-bond acceptors (Lipinski definition) is 9. The van der Waals surface area contributed by atoms with Crippen molar-refractivity contribution in [2.24, 2.45) is 5.92 Å². The van der Waals surface area contributed by atoms with Crippen LogP contribution in [-0.2, 0) is 19.3 Å². The molecular weight excluding hydrogens is 715 g/mol. The highest BCUT2D eigenvalue weighted by Gasteiger charge is 2.27. The Morgan fingerprint density at radius 1 is 0.509 bits per heavy atom. The van der Waals surface area contributed by atoms with Crippen LogP contribution in [0.5, 0.6) is 34.5 Å². The van der Waals surface area contributed by atoms with E-state index in [1.54, 1.807) is 39.6 Å². The van der Waals surface area contributed by atoms with Crippen LogP contribution in [0.3, 0.4) is 0 Å². The van der Waals surface area contributed by atoms with Crippen LogP contribution < -0.4 is 44.4 Å². The molecule has 0 aromatic heterocycles. The van der Waals surface area contributed by atoms with Gasteiger partial charge in [-0.25, -0.2) is 0 Å². The molecule has 57 heavy (non-hydrogen) atoms. The molecule has 0 aliphatic carbocycles. The van der Waals surface area contributed by atoms with Gasteiger partial charge in [-0.05, 0) is 147 Å². The van der Waals surface area contributed by atoms with Gasteiger partial charge >= 0.3 is 0 Å². The molecule has 9 nitrogen and oxygen atoms in total. The number of fused-ring (bicyclic) bond motifs is 3. The normalized spacial score (nSPS) is 18.9. The third-order valence-electron chi connectivity index (χ3n) is 11.9. The average molecular weight is 780 g/mol. The molecule has 9 heteroatoms. The summed E-state index contributed by atoms with van der Waals surface area (Å²) in [7, 11) is 5.14. The molecule has 3 atom stereocenters. The first-order valence-electron chi connectivity index (χ1n) is 21.0. The van der Waals surface area contributed by atoms with Crippen molar-refractivity contribution in [3.8, 4) is 34.5 Å². The molecule has 3 aliphatic heterocycles. The van der Waals surface area contributed by atoms with E-state index in [9.17, 15) is 0 Å². The van der Waals surface area contributed by atoms with Gasteiger partial charge in [0.25, 0.3) is 0 Å². The highest BCUT2D eigenvalue weighted by atomic mass is 16.5. The lowest BCUT2D eigenvalue weighted by molar-refractivity contribution is 0.312. The summed E-state index contributed by atoms with van der Waals surface area (Å²) in [5.74, 6) is 5.32. The lowest BCUT2D eigenvalue weighted by atomic mass is 9.83. The van der Waals surface area contributed by atoms with Gasteiger partial charge in [-0.3, -0.25) is 0 Å². The van der Waals surface area contributed by atoms with E-state index < -0.39 is 0 Å². The van der Waals surface area contributed by atoms with Crippen LogP contribution in [0.4, 0.5) is 0 Å². The second-order valence-electron chi connectivity index (χ2n) is 15.5. The van der Waals surface area contributed by atoms with Gasteiger partial charge in [0.2, 0.25) is 0 Å². The predicted octanol–water partition coefficient (Wildman–Crippen LogP) is 9.10. The lowest BCUT2D eigenvalue weighted by Gasteiger charge is -2.31. The fourth-order valence-electron chi connectivity index (χ4n) is 9.00. The molecule has 0 bridgehead atoms. The van der Waals surface area contributed by atoms with Crippen molar-refractivity contribution in [2.75, 3.05) is 60.8 Å². The van der Waals surface area contributed by atoms with Gasteiger partial charge in [0.1, 0.15) is 19.8 Å². The SMILES string of the molecule is C=CCOc1cc2c(cc1OC)CCNC2CCCCC(CCC1NCCc2cc(OC)c(OCC=C)cc21)CCC1NCCc2cc(OC)c(OCC=C)cc21. The van der Waals surface area contributed by atoms with Gasteiger partial charge in [0, 0.05) is 18.1 Å². The summed E-state index contributed by atoms with van der Waals surface area (Å²) in [5.41, 5.74) is 8.05. The summed E-state index contributed by atoms with van der Waals surface area (Å²) >= 11 is 0. The van der Waals surface area contributed by atoms with Gasteiger partial charge in [-0.1, -0.05) is 57.2 Å². The first-order chi connectivity index (χ1) is 28.0. The topological polar surface area (TPSA) is 91.5 Å². The standard InChI is InChI=1S/C48H65N3O6/c1-7-24-55-46-30-37-34(27-43(46)52-4)18-21-49-40(37)13-11-10-12-33(14-16-41-38-31-47(56-25-8-2)44(53-5)28-35(38)19-22-50-41)15-17-42-39-32-48(57-26-9-3)45(54-6)29-36(39)20-23-51-42/h7-9,27-33,40-42,49-51H,1-3,10-26H2,4-6H3. The number of rotatable bonds is 23. The predicted molar refractivity (Wildman–Crippen MR) is 230 cm³/mol. The van der Waals surface area contributed by atoms with Crippen molar-refractivity contribution in [1.82, 2.24) is 16.0 Å². The third kappa shape index (κ3) is 10.7. The Morgan fingerprint density at radius 2 is 0.877 bits per heavy atom. The molecule has 0 fully saturated rings. The Bertz CT molecular complexity index is 1720. The molecular formula is C48H65N3O6. The maximum Gasteiger partial charge on any atom is 0.161 e. The fourth-order valence-corrected chi connectivity index (χ4v) is 9.00. The first kappa shape index (κ1) is 42.2. The van der Waals surface area contributed by atoms with Crippen LogP contribution in [0.1, 0.15) is 103 Å². The van der Waals surface area contributed by atoms with Crippen LogP contribution in [-0.4, -0.2) is 60.8 Å². The van der Waals surface area contributed by atoms with E-state index in [0.29, 0.717) is 31.8 Å². The van der Waals surface area contributed by atoms with Crippen LogP contribution >= 0.6 is 0 Å². The summed E-state index contributed by atoms with van der Waals surface area (Å²) in [6.45, 7) is 15.8. The van der Waals surface area contributed by atoms with E-state index >= 15 is 0 Å². The van der Waals surface area contributed by atoms with E-state index in [2.05, 4.69) is 72.1 Å². The van der Waals surface area contributed by atoms with Gasteiger partial charge in [-0.2, -0.15) is 0 Å². The smallest absolute Gasteiger partial charge is 0.161 e. The molecule has 0 radical (unpaired) electrons. The third-order valence-corrected chi connectivity index (χ3v) is 11.9. The number of benzene rings is 3. The van der Waals surface area contributed by atoms with E-state index in [1.807, 2.05) is 0 Å². The highest BCUT2D eigenvalue weighted by Crippen LogP contribution is 2.41. The number of nitrogens with one attached hydrogen (secondary N) is 3. The Kier molecular flexibility index (Phi) is 15.8. The van der Waals surface area contributed by atoms with Crippen molar-refractivity contribution in [3.63, 3.8) is 0 Å². The zero-order chi connectivity index (χ0) is 40.0. The largest absolute Gasteiger partial charge is 0.493 e. The van der Waals surface area contributed by atoms with Crippen LogP contribution in [0.25, 0.3) is 0 Å². The zero-order valence-electron chi connectivity index (χ0n) is 34.6. The molecule has 0 saturated heterocycles. The summed E-state index contributed by atoms with van der Waals surface area (Å²) in [6, 6.07) is 14.0. The number of ether oxygens (including phenoxy) is 6. The fraction of sp³-hybridized carbons (Fsp3) is 0.500. The molecule has 308 valence electrons. The minimum absolute atomic E-state index is 0.274. The minimum atomic E-state index is 0.274. The van der Waals surface area contributed by atoms with Crippen molar-refractivity contribution in [3.05, 3.63) is 108 Å². The average Bonchev–Trinajstić information content (AvgIpc) is 3.25. The molecule has 6 rings (SSSR count). The van der Waals surface area contributed by atoms with E-state index in [1.165, 1.54) is 46.2 Å². The maximum atomic E-state index is 6.05. The Morgan fingerprint density at radius 3 is 1.23 bits per heavy atom. The molecule has 3 unspecified atom stereocenters. The van der Waals surface area contributed by atoms with Crippen LogP contribution in [0, 0.1) is 5.92 Å². The molecule has 3 aromatic carbocycles. The summed E-state index contributed by atoms with van der Waals surface area (Å²) < 4.78 is 35.2. The lowest BCUT2D eigenvalue weighted by Crippen LogP contribution is -2.31. The summed E-state index contributed by atoms with van der Waals surface area (Å²) in [5, 5.41) is 11.5. The molecule has 0 saturated carbocycles. The molecule has 0 spiro atoms. The number of methoxy groups -OCH3 is 3. The summed E-state index contributed by atoms with van der Waals surface area (Å²) in [4.78, 5) is 0. The number of unbranched alkanes of at least 4 members (excludes halogenated alkanes) is 1. The van der Waals surface area contributed by atoms with Crippen molar-refractivity contribution >= 4 is 0 Å². The van der Waals surface area contributed by atoms with E-state index in [0.717, 1.165) is 112 Å². The Labute approximate surface area is 341 Å². The second-order valence-corrected chi connectivity index (χ2v) is 15.5. The quantitative estimate of drug-likeness (QED) is 0.0644. The molecule has 3 aliphatic rings. The highest BCUT2D eigenvalue weighted by molar-refractivity contribution is 5.51. The number of hydrogen-bond donors (Lipinski definition) is 3. The van der Waals surface area contributed by atoms with E-state index in [4.69, 9.17) is 28.4 Å². The van der Waals surface area contributed by atoms with Gasteiger partial charge < -0.3 is 44.4 Å². The Hall–Kier alpha value is -4.44. The monoisotopic (exact) mass is 779 g/mol. The minimum Gasteiger partial charge on any atom is -0.493 e. The maximum absolute atomic E-state index is 6.05.